The van der Waals surface area contributed by atoms with Gasteiger partial charge in [0.15, 0.2) is 5.78 Å². The van der Waals surface area contributed by atoms with E-state index in [0.29, 0.717) is 18.7 Å². The molecule has 0 bridgehead atoms. The molecule has 9 heteroatoms. The molecule has 0 aliphatic rings. The molecule has 1 heterocycles. The Balaban J connectivity index is 1.76. The number of benzene rings is 4. The minimum atomic E-state index is -3.11. The molecule has 0 spiro atoms. The highest BCUT2D eigenvalue weighted by atomic mass is 31.2. The molecule has 1 amide bonds. The zero-order valence-corrected chi connectivity index (χ0v) is 30.5. The first-order valence-electron chi connectivity index (χ1n) is 17.5. The smallest absolute Gasteiger partial charge is 0.408 e. The zero-order valence-electron chi connectivity index (χ0n) is 29.6. The van der Waals surface area contributed by atoms with Gasteiger partial charge in [-0.2, -0.15) is 5.26 Å². The van der Waals surface area contributed by atoms with Crippen molar-refractivity contribution < 1.29 is 19.1 Å². The summed E-state index contributed by atoms with van der Waals surface area (Å²) in [7, 11) is 0. The molecule has 0 saturated heterocycles. The number of amides is 1. The largest absolute Gasteiger partial charge is 0.465 e. The van der Waals surface area contributed by atoms with Gasteiger partial charge in [-0.15, -0.1) is 10.2 Å². The van der Waals surface area contributed by atoms with E-state index in [0.717, 1.165) is 27.9 Å². The Morgan fingerprint density at radius 2 is 1.31 bits per heavy atom. The summed E-state index contributed by atoms with van der Waals surface area (Å²) in [6.45, 7) is 4.89. The van der Waals surface area contributed by atoms with Crippen molar-refractivity contribution in [1.29, 1.82) is 5.26 Å². The fourth-order valence-corrected chi connectivity index (χ4v) is 10.9. The summed E-state index contributed by atoms with van der Waals surface area (Å²) in [6.07, 6.45) is 1.05. The lowest BCUT2D eigenvalue weighted by Crippen LogP contribution is -2.57. The van der Waals surface area contributed by atoms with Gasteiger partial charge in [0.2, 0.25) is 11.8 Å². The maximum atomic E-state index is 15.5. The zero-order chi connectivity index (χ0) is 36.4. The highest BCUT2D eigenvalue weighted by Gasteiger charge is 2.45. The molecule has 5 rings (SSSR count). The van der Waals surface area contributed by atoms with Crippen molar-refractivity contribution in [2.75, 3.05) is 0 Å². The summed E-state index contributed by atoms with van der Waals surface area (Å²) < 4.78 is 6.11. The molecular weight excluding hydrogens is 655 g/mol. The topological polar surface area (TPSA) is 120 Å². The van der Waals surface area contributed by atoms with Gasteiger partial charge in [0.25, 0.3) is 0 Å². The number of nitrogens with zero attached hydrogens (tertiary/aromatic N) is 4. The predicted molar refractivity (Wildman–Crippen MR) is 205 cm³/mol. The molecule has 4 aromatic carbocycles. The molecule has 0 saturated carbocycles. The lowest BCUT2D eigenvalue weighted by molar-refractivity contribution is -0.119. The quantitative estimate of drug-likeness (QED) is 0.110. The maximum absolute atomic E-state index is 15.5. The van der Waals surface area contributed by atoms with Crippen LogP contribution in [0, 0.1) is 16.7 Å². The third-order valence-electron chi connectivity index (χ3n) is 9.80. The van der Waals surface area contributed by atoms with E-state index in [4.69, 9.17) is 4.42 Å². The Hall–Kier alpha value is -5.25. The van der Waals surface area contributed by atoms with E-state index < -0.39 is 36.3 Å². The number of nitriles is 1. The monoisotopic (exact) mass is 700 g/mol. The third-order valence-corrected chi connectivity index (χ3v) is 14.0. The van der Waals surface area contributed by atoms with Gasteiger partial charge < -0.3 is 9.52 Å². The number of hydrogen-bond donors (Lipinski definition) is 1. The van der Waals surface area contributed by atoms with Crippen LogP contribution >= 0.6 is 6.89 Å². The number of carbonyl (C=O) groups is 2. The number of ketones is 1. The van der Waals surface area contributed by atoms with Crippen LogP contribution in [0.3, 0.4) is 0 Å². The Morgan fingerprint density at radius 3 is 1.75 bits per heavy atom. The predicted octanol–water partition coefficient (Wildman–Crippen LogP) is 7.88. The van der Waals surface area contributed by atoms with Crippen LogP contribution in [0.15, 0.2) is 126 Å². The summed E-state index contributed by atoms with van der Waals surface area (Å²) in [6, 6.07) is 39.0. The molecule has 1 aromatic heterocycles. The molecule has 0 aliphatic carbocycles. The Labute approximate surface area is 300 Å². The number of Topliss-reactive ketones (excluding diaryl/α,β-unsaturated/α-hetero) is 1. The molecule has 1 unspecified atom stereocenters. The number of unbranched alkanes of at least 4 members (excludes halogenated alkanes) is 1. The van der Waals surface area contributed by atoms with Gasteiger partial charge in [-0.3, -0.25) is 9.69 Å². The maximum Gasteiger partial charge on any atom is 0.408 e. The van der Waals surface area contributed by atoms with Crippen LogP contribution in [0.25, 0.3) is 11.5 Å². The molecule has 0 radical (unpaired) electrons. The van der Waals surface area contributed by atoms with Crippen LogP contribution in [0.1, 0.15) is 59.3 Å². The minimum absolute atomic E-state index is 0.0654. The van der Waals surface area contributed by atoms with Crippen molar-refractivity contribution in [3.05, 3.63) is 127 Å². The minimum Gasteiger partial charge on any atom is -0.465 e. The van der Waals surface area contributed by atoms with Crippen LogP contribution in [0.4, 0.5) is 4.79 Å². The number of hydrogen-bond acceptors (Lipinski definition) is 6. The number of rotatable bonds is 15. The van der Waals surface area contributed by atoms with Crippen LogP contribution in [0.5, 0.6) is 0 Å². The van der Waals surface area contributed by atoms with E-state index in [9.17, 15) is 15.2 Å². The number of aromatic nitrogens is 2. The van der Waals surface area contributed by atoms with Crippen molar-refractivity contribution in [3.8, 4) is 17.5 Å². The first kappa shape index (κ1) is 37.0. The Morgan fingerprint density at radius 1 is 0.824 bits per heavy atom. The lowest BCUT2D eigenvalue weighted by atomic mass is 9.78. The van der Waals surface area contributed by atoms with Crippen molar-refractivity contribution in [2.45, 2.75) is 71.9 Å². The van der Waals surface area contributed by atoms with Crippen molar-refractivity contribution in [2.24, 2.45) is 5.41 Å². The van der Waals surface area contributed by atoms with Crippen molar-refractivity contribution in [1.82, 2.24) is 15.1 Å². The van der Waals surface area contributed by atoms with Gasteiger partial charge in [-0.25, -0.2) is 4.79 Å². The summed E-state index contributed by atoms with van der Waals surface area (Å²) in [5.74, 6) is 0.130. The van der Waals surface area contributed by atoms with Gasteiger partial charge in [0.1, 0.15) is 11.4 Å². The highest BCUT2D eigenvalue weighted by molar-refractivity contribution is 7.97. The summed E-state index contributed by atoms with van der Waals surface area (Å²) >= 11 is 0. The van der Waals surface area contributed by atoms with Crippen molar-refractivity contribution >= 4 is 40.0 Å². The molecule has 2 atom stereocenters. The molecular formula is C42H45N4O4P. The normalized spacial score (nSPS) is 12.8. The van der Waals surface area contributed by atoms with Crippen LogP contribution in [0.2, 0.25) is 0 Å². The molecule has 0 fully saturated rings. The van der Waals surface area contributed by atoms with Gasteiger partial charge in [0, 0.05) is 18.0 Å². The van der Waals surface area contributed by atoms with E-state index in [1.807, 2.05) is 149 Å². The van der Waals surface area contributed by atoms with Crippen LogP contribution in [-0.4, -0.2) is 49.5 Å². The lowest BCUT2D eigenvalue weighted by Gasteiger charge is -2.43. The van der Waals surface area contributed by atoms with Crippen molar-refractivity contribution in [3.63, 3.8) is 0 Å². The first-order chi connectivity index (χ1) is 24.7. The van der Waals surface area contributed by atoms with E-state index in [-0.39, 0.29) is 24.0 Å². The molecule has 51 heavy (non-hydrogen) atoms. The highest BCUT2D eigenvalue weighted by Crippen LogP contribution is 2.47. The van der Waals surface area contributed by atoms with Gasteiger partial charge >= 0.3 is 6.09 Å². The first-order valence-corrected chi connectivity index (χ1v) is 19.2. The summed E-state index contributed by atoms with van der Waals surface area (Å²) in [4.78, 5) is 30.4. The second-order valence-corrected chi connectivity index (χ2v) is 16.6. The second kappa shape index (κ2) is 16.6. The van der Waals surface area contributed by atoms with E-state index in [1.54, 1.807) is 0 Å². The molecule has 262 valence electrons. The molecule has 0 aliphatic heterocycles. The van der Waals surface area contributed by atoms with Gasteiger partial charge in [-0.1, -0.05) is 150 Å². The van der Waals surface area contributed by atoms with E-state index in [2.05, 4.69) is 16.3 Å². The van der Waals surface area contributed by atoms with Gasteiger partial charge in [-0.05, 0) is 53.2 Å². The molecule has 1 N–H and O–H groups in total. The second-order valence-electron chi connectivity index (χ2n) is 13.3. The van der Waals surface area contributed by atoms with Gasteiger partial charge in [0.05, 0.1) is 6.04 Å². The SMILES string of the molecule is CCCC[C@@H](C(=O)C(C#N)=P(c1ccccc1)(c1ccccc1)c1ccccc1)N(C(=O)O)C(Cc1nnc(-c2ccccc2)o1)C(C)(C)CC. The Bertz CT molecular complexity index is 1900. The average molecular weight is 701 g/mol. The Kier molecular flexibility index (Phi) is 12.1. The number of carbonyl (C=O) groups excluding carboxylic acids is 1. The third kappa shape index (κ3) is 7.75. The summed E-state index contributed by atoms with van der Waals surface area (Å²) in [5, 5.41) is 33.5. The van der Waals surface area contributed by atoms with Crippen LogP contribution < -0.4 is 15.9 Å². The van der Waals surface area contributed by atoms with Crippen LogP contribution in [-0.2, 0) is 11.2 Å². The molecule has 5 aromatic rings. The number of carboxylic acid groups (broad SMARTS) is 1. The van der Waals surface area contributed by atoms with E-state index in [1.165, 1.54) is 4.90 Å². The standard InChI is InChI=1S/C42H45N4O4P/c1-5-7-28-35(46(41(48)49)37(42(3,4)6-2)29-38-44-45-40(50-38)31-20-12-8-13-21-31)39(47)36(30-43)51(32-22-14-9-15-23-32,33-24-16-10-17-25-33)34-26-18-11-19-27-34/h8-27,35,37H,5-7,28-29H2,1-4H3,(H,48,49)/t35-,37?/m0/s1. The average Bonchev–Trinajstić information content (AvgIpc) is 3.64. The summed E-state index contributed by atoms with van der Waals surface area (Å²) in [5.41, 5.74) is 0.145. The van der Waals surface area contributed by atoms with E-state index >= 15 is 4.79 Å². The fraction of sp³-hybridized carbons (Fsp3) is 0.286. The fourth-order valence-electron chi connectivity index (χ4n) is 6.71. The molecule has 8 nitrogen and oxygen atoms in total.